The van der Waals surface area contributed by atoms with Crippen molar-refractivity contribution in [3.63, 3.8) is 0 Å². The molecule has 21 heavy (non-hydrogen) atoms. The zero-order chi connectivity index (χ0) is 15.0. The molecule has 0 spiro atoms. The van der Waals surface area contributed by atoms with Gasteiger partial charge in [-0.15, -0.1) is 0 Å². The molecule has 1 heterocycles. The van der Waals surface area contributed by atoms with Gasteiger partial charge in [-0.05, 0) is 36.4 Å². The van der Waals surface area contributed by atoms with Crippen molar-refractivity contribution >= 4 is 15.9 Å². The first kappa shape index (κ1) is 13.4. The molecule has 1 amide bonds. The number of nitrogens with zero attached hydrogens (tertiary/aromatic N) is 1. The highest BCUT2D eigenvalue weighted by atomic mass is 32.2. The third-order valence-corrected chi connectivity index (χ3v) is 4.86. The number of rotatable bonds is 3. The molecule has 0 bridgehead atoms. The number of aromatic hydroxyl groups is 1. The fraction of sp³-hybridized carbons (Fsp3) is 0.0714. The summed E-state index contributed by atoms with van der Waals surface area (Å²) in [4.78, 5) is 12.1. The van der Waals surface area contributed by atoms with Crippen LogP contribution in [0.2, 0.25) is 0 Å². The van der Waals surface area contributed by atoms with Crippen LogP contribution in [0.3, 0.4) is 0 Å². The number of ether oxygens (including phenoxy) is 1. The number of sulfonamides is 1. The average Bonchev–Trinajstić information content (AvgIpc) is 2.67. The largest absolute Gasteiger partial charge is 0.508 e. The Morgan fingerprint density at radius 2 is 1.71 bits per heavy atom. The predicted octanol–water partition coefficient (Wildman–Crippen LogP) is 1.57. The lowest BCUT2D eigenvalue weighted by molar-refractivity contribution is 0.0790. The lowest BCUT2D eigenvalue weighted by Gasteiger charge is -2.15. The van der Waals surface area contributed by atoms with Crippen LogP contribution in [-0.4, -0.2) is 30.5 Å². The van der Waals surface area contributed by atoms with E-state index < -0.39 is 22.7 Å². The van der Waals surface area contributed by atoms with Crippen LogP contribution in [-0.2, 0) is 10.0 Å². The van der Waals surface area contributed by atoms with Crippen molar-refractivity contribution in [1.29, 1.82) is 0 Å². The molecule has 108 valence electrons. The monoisotopic (exact) mass is 305 g/mol. The quantitative estimate of drug-likeness (QED) is 0.930. The molecular formula is C14H11NO5S. The number of carbonyl (C=O) groups is 1. The zero-order valence-corrected chi connectivity index (χ0v) is 11.6. The van der Waals surface area contributed by atoms with Gasteiger partial charge in [0.1, 0.15) is 16.4 Å². The van der Waals surface area contributed by atoms with Crippen LogP contribution in [0.5, 0.6) is 11.5 Å². The summed E-state index contributed by atoms with van der Waals surface area (Å²) in [5.74, 6) is -0.184. The van der Waals surface area contributed by atoms with Gasteiger partial charge in [-0.25, -0.2) is 8.42 Å². The van der Waals surface area contributed by atoms with Crippen LogP contribution in [0.15, 0.2) is 53.4 Å². The maximum Gasteiger partial charge on any atom is 0.271 e. The molecule has 0 aromatic heterocycles. The van der Waals surface area contributed by atoms with Gasteiger partial charge in [-0.2, -0.15) is 4.31 Å². The van der Waals surface area contributed by atoms with Crippen molar-refractivity contribution in [2.24, 2.45) is 0 Å². The number of benzene rings is 2. The van der Waals surface area contributed by atoms with Gasteiger partial charge in [-0.3, -0.25) is 4.79 Å². The van der Waals surface area contributed by atoms with Crippen molar-refractivity contribution in [2.45, 2.75) is 4.90 Å². The molecule has 6 nitrogen and oxygen atoms in total. The second-order valence-electron chi connectivity index (χ2n) is 4.42. The highest BCUT2D eigenvalue weighted by Gasteiger charge is 2.41. The number of fused-ring (bicyclic) bond motifs is 1. The van der Waals surface area contributed by atoms with Gasteiger partial charge < -0.3 is 9.84 Å². The Kier molecular flexibility index (Phi) is 3.06. The lowest BCUT2D eigenvalue weighted by atomic mass is 10.2. The molecule has 1 aliphatic rings. The minimum Gasteiger partial charge on any atom is -0.508 e. The molecule has 2 aromatic carbocycles. The highest BCUT2D eigenvalue weighted by Crippen LogP contribution is 2.30. The average molecular weight is 305 g/mol. The summed E-state index contributed by atoms with van der Waals surface area (Å²) in [6, 6.07) is 11.8. The van der Waals surface area contributed by atoms with Crippen molar-refractivity contribution in [3.8, 4) is 11.5 Å². The van der Waals surface area contributed by atoms with Crippen LogP contribution < -0.4 is 4.74 Å². The summed E-state index contributed by atoms with van der Waals surface area (Å²) < 4.78 is 30.5. The normalized spacial score (nSPS) is 15.8. The first-order valence-corrected chi connectivity index (χ1v) is 7.52. The third-order valence-electron chi connectivity index (χ3n) is 3.10. The first-order valence-electron chi connectivity index (χ1n) is 6.08. The van der Waals surface area contributed by atoms with Crippen LogP contribution in [0.1, 0.15) is 10.4 Å². The molecule has 0 aliphatic carbocycles. The van der Waals surface area contributed by atoms with E-state index in [-0.39, 0.29) is 16.2 Å². The molecule has 1 N–H and O–H groups in total. The maximum atomic E-state index is 12.3. The predicted molar refractivity (Wildman–Crippen MR) is 73.4 cm³/mol. The Labute approximate surface area is 121 Å². The van der Waals surface area contributed by atoms with Gasteiger partial charge in [0.2, 0.25) is 0 Å². The molecule has 3 rings (SSSR count). The van der Waals surface area contributed by atoms with Crippen LogP contribution in [0.25, 0.3) is 0 Å². The number of amides is 1. The molecule has 0 saturated heterocycles. The van der Waals surface area contributed by atoms with Crippen LogP contribution in [0, 0.1) is 0 Å². The fourth-order valence-electron chi connectivity index (χ4n) is 2.03. The van der Waals surface area contributed by atoms with E-state index in [4.69, 9.17) is 9.84 Å². The zero-order valence-electron chi connectivity index (χ0n) is 10.8. The minimum absolute atomic E-state index is 0.00990. The molecule has 0 atom stereocenters. The first-order chi connectivity index (χ1) is 10.00. The van der Waals surface area contributed by atoms with E-state index in [2.05, 4.69) is 0 Å². The van der Waals surface area contributed by atoms with Gasteiger partial charge in [-0.1, -0.05) is 12.1 Å². The molecule has 0 saturated carbocycles. The van der Waals surface area contributed by atoms with Crippen molar-refractivity contribution in [1.82, 2.24) is 4.31 Å². The highest BCUT2D eigenvalue weighted by molar-refractivity contribution is 7.90. The molecule has 0 fully saturated rings. The molecular weight excluding hydrogens is 294 g/mol. The molecule has 0 radical (unpaired) electrons. The van der Waals surface area contributed by atoms with E-state index in [0.717, 1.165) is 0 Å². The summed E-state index contributed by atoms with van der Waals surface area (Å²) in [6.45, 7) is -0.416. The van der Waals surface area contributed by atoms with Gasteiger partial charge in [0.05, 0.1) is 5.56 Å². The van der Waals surface area contributed by atoms with Gasteiger partial charge >= 0.3 is 0 Å². The smallest absolute Gasteiger partial charge is 0.271 e. The molecule has 2 aromatic rings. The summed E-state index contributed by atoms with van der Waals surface area (Å²) >= 11 is 0. The van der Waals surface area contributed by atoms with Gasteiger partial charge in [0.25, 0.3) is 15.9 Å². The molecule has 7 heteroatoms. The van der Waals surface area contributed by atoms with E-state index in [0.29, 0.717) is 10.1 Å². The summed E-state index contributed by atoms with van der Waals surface area (Å²) in [7, 11) is -3.86. The van der Waals surface area contributed by atoms with Gasteiger partial charge in [0.15, 0.2) is 6.73 Å². The van der Waals surface area contributed by atoms with Crippen LogP contribution in [0.4, 0.5) is 0 Å². The second-order valence-corrected chi connectivity index (χ2v) is 6.25. The second kappa shape index (κ2) is 4.78. The maximum absolute atomic E-state index is 12.3. The van der Waals surface area contributed by atoms with E-state index in [1.165, 1.54) is 36.4 Å². The van der Waals surface area contributed by atoms with E-state index in [1.807, 2.05) is 0 Å². The van der Waals surface area contributed by atoms with E-state index in [9.17, 15) is 13.2 Å². The van der Waals surface area contributed by atoms with E-state index in [1.54, 1.807) is 12.1 Å². The SMILES string of the molecule is O=C1c2ccccc2S(=O)(=O)N1COc1ccc(O)cc1. The molecule has 0 unspecified atom stereocenters. The van der Waals surface area contributed by atoms with Gasteiger partial charge in [0, 0.05) is 0 Å². The Bertz CT molecular complexity index is 798. The summed E-state index contributed by atoms with van der Waals surface area (Å²) in [5, 5.41) is 9.16. The molecule has 1 aliphatic heterocycles. The Hall–Kier alpha value is -2.54. The van der Waals surface area contributed by atoms with Crippen molar-refractivity contribution in [2.75, 3.05) is 6.73 Å². The Morgan fingerprint density at radius 1 is 1.05 bits per heavy atom. The summed E-state index contributed by atoms with van der Waals surface area (Å²) in [6.07, 6.45) is 0. The third kappa shape index (κ3) is 2.21. The standard InChI is InChI=1S/C14H11NO5S/c16-10-5-7-11(8-6-10)20-9-15-14(17)12-3-1-2-4-13(12)21(15,18)19/h1-8,16H,9H2. The minimum atomic E-state index is -3.86. The summed E-state index contributed by atoms with van der Waals surface area (Å²) in [5.41, 5.74) is 0.145. The Balaban J connectivity index is 1.84. The van der Waals surface area contributed by atoms with Crippen LogP contribution >= 0.6 is 0 Å². The number of phenolic OH excluding ortho intramolecular Hbond substituents is 1. The number of hydrogen-bond acceptors (Lipinski definition) is 5. The Morgan fingerprint density at radius 3 is 2.38 bits per heavy atom. The van der Waals surface area contributed by atoms with Crippen molar-refractivity contribution in [3.05, 3.63) is 54.1 Å². The number of carbonyl (C=O) groups excluding carboxylic acids is 1. The lowest BCUT2D eigenvalue weighted by Crippen LogP contribution is -2.33. The number of phenols is 1. The van der Waals surface area contributed by atoms with Crippen molar-refractivity contribution < 1.29 is 23.1 Å². The topological polar surface area (TPSA) is 83.9 Å². The van der Waals surface area contributed by atoms with E-state index >= 15 is 0 Å². The number of hydrogen-bond donors (Lipinski definition) is 1. The fourth-order valence-corrected chi connectivity index (χ4v) is 3.46.